The number of hydrogen-bond donors (Lipinski definition) is 2. The molecule has 2 unspecified atom stereocenters. The third-order valence-electron chi connectivity index (χ3n) is 3.87. The van der Waals surface area contributed by atoms with Gasteiger partial charge in [-0.05, 0) is 49.4 Å². The van der Waals surface area contributed by atoms with E-state index < -0.39 is 0 Å². The molecule has 2 rings (SSSR count). The Morgan fingerprint density at radius 1 is 1.43 bits per heavy atom. The van der Waals surface area contributed by atoms with E-state index in [4.69, 9.17) is 16.3 Å². The van der Waals surface area contributed by atoms with Gasteiger partial charge in [0.05, 0.1) is 11.1 Å². The summed E-state index contributed by atoms with van der Waals surface area (Å²) >= 11 is 6.19. The van der Waals surface area contributed by atoms with Crippen LogP contribution in [-0.2, 0) is 6.54 Å². The van der Waals surface area contributed by atoms with Gasteiger partial charge in [0.1, 0.15) is 12.4 Å². The summed E-state index contributed by atoms with van der Waals surface area (Å²) in [5, 5.41) is 13.8. The van der Waals surface area contributed by atoms with Crippen LogP contribution in [0, 0.1) is 5.92 Å². The lowest BCUT2D eigenvalue weighted by molar-refractivity contribution is 0.101. The summed E-state index contributed by atoms with van der Waals surface area (Å²) in [5.74, 6) is 1.27. The van der Waals surface area contributed by atoms with Crippen molar-refractivity contribution >= 4 is 11.6 Å². The zero-order valence-corrected chi connectivity index (χ0v) is 13.1. The van der Waals surface area contributed by atoms with Gasteiger partial charge in [-0.25, -0.2) is 0 Å². The highest BCUT2D eigenvalue weighted by molar-refractivity contribution is 6.32. The van der Waals surface area contributed by atoms with E-state index in [1.54, 1.807) is 6.08 Å². The Morgan fingerprint density at radius 2 is 2.29 bits per heavy atom. The van der Waals surface area contributed by atoms with Gasteiger partial charge in [0.15, 0.2) is 0 Å². The van der Waals surface area contributed by atoms with Crippen LogP contribution >= 0.6 is 11.6 Å². The molecule has 2 atom stereocenters. The molecule has 0 spiro atoms. The second-order valence-corrected chi connectivity index (χ2v) is 6.09. The van der Waals surface area contributed by atoms with Crippen molar-refractivity contribution < 1.29 is 9.84 Å². The van der Waals surface area contributed by atoms with Crippen LogP contribution in [-0.4, -0.2) is 24.4 Å². The highest BCUT2D eigenvalue weighted by Gasteiger charge is 2.19. The van der Waals surface area contributed by atoms with E-state index in [0.29, 0.717) is 23.3 Å². The molecule has 0 amide bonds. The van der Waals surface area contributed by atoms with Gasteiger partial charge in [-0.15, -0.1) is 0 Å². The lowest BCUT2D eigenvalue weighted by Gasteiger charge is -2.26. The second kappa shape index (κ2) is 8.42. The minimum atomic E-state index is -0.110. The predicted molar refractivity (Wildman–Crippen MR) is 86.8 cm³/mol. The maximum Gasteiger partial charge on any atom is 0.138 e. The molecule has 1 aromatic rings. The molecular formula is C17H24ClNO2. The summed E-state index contributed by atoms with van der Waals surface area (Å²) in [6, 6.07) is 5.85. The molecule has 21 heavy (non-hydrogen) atoms. The van der Waals surface area contributed by atoms with Crippen LogP contribution in [0.25, 0.3) is 0 Å². The van der Waals surface area contributed by atoms with Crippen LogP contribution in [0.1, 0.15) is 31.2 Å². The van der Waals surface area contributed by atoms with Crippen molar-refractivity contribution in [3.63, 3.8) is 0 Å². The maximum atomic E-state index is 9.67. The van der Waals surface area contributed by atoms with Gasteiger partial charge in [-0.3, -0.25) is 0 Å². The lowest BCUT2D eigenvalue weighted by atomic mass is 9.87. The van der Waals surface area contributed by atoms with Gasteiger partial charge in [0, 0.05) is 6.54 Å². The molecule has 1 fully saturated rings. The van der Waals surface area contributed by atoms with Crippen molar-refractivity contribution in [1.29, 1.82) is 0 Å². The Balaban J connectivity index is 1.77. The standard InChI is InChI=1S/C17H24ClNO2/c1-2-8-21-17-7-6-14(10-16(17)18)12-19-11-13-4-3-5-15(20)9-13/h2,6-7,10,13,15,19-20H,1,3-5,8-9,11-12H2. The van der Waals surface area contributed by atoms with Gasteiger partial charge in [0.25, 0.3) is 0 Å². The highest BCUT2D eigenvalue weighted by Crippen LogP contribution is 2.26. The van der Waals surface area contributed by atoms with E-state index in [1.807, 2.05) is 18.2 Å². The molecule has 2 N–H and O–H groups in total. The first-order valence-corrected chi connectivity index (χ1v) is 7.97. The molecule has 4 heteroatoms. The molecule has 1 aliphatic rings. The summed E-state index contributed by atoms with van der Waals surface area (Å²) in [4.78, 5) is 0. The summed E-state index contributed by atoms with van der Waals surface area (Å²) in [6.07, 6.45) is 5.81. The van der Waals surface area contributed by atoms with E-state index in [-0.39, 0.29) is 6.10 Å². The average molecular weight is 310 g/mol. The van der Waals surface area contributed by atoms with E-state index in [1.165, 1.54) is 6.42 Å². The smallest absolute Gasteiger partial charge is 0.138 e. The summed E-state index contributed by atoms with van der Waals surface area (Å²) in [7, 11) is 0. The maximum absolute atomic E-state index is 9.67. The number of ether oxygens (including phenoxy) is 1. The number of rotatable bonds is 7. The Hall–Kier alpha value is -1.03. The minimum absolute atomic E-state index is 0.110. The van der Waals surface area contributed by atoms with Gasteiger partial charge in [0.2, 0.25) is 0 Å². The van der Waals surface area contributed by atoms with E-state index in [0.717, 1.165) is 37.9 Å². The number of aliphatic hydroxyl groups excluding tert-OH is 1. The van der Waals surface area contributed by atoms with Crippen LogP contribution in [0.3, 0.4) is 0 Å². The van der Waals surface area contributed by atoms with Crippen LogP contribution in [0.15, 0.2) is 30.9 Å². The largest absolute Gasteiger partial charge is 0.488 e. The van der Waals surface area contributed by atoms with Crippen LogP contribution in [0.2, 0.25) is 5.02 Å². The quantitative estimate of drug-likeness (QED) is 0.757. The van der Waals surface area contributed by atoms with Crippen molar-refractivity contribution in [3.05, 3.63) is 41.4 Å². The predicted octanol–water partition coefficient (Wildman–Crippen LogP) is 3.55. The summed E-state index contributed by atoms with van der Waals surface area (Å²) < 4.78 is 5.45. The first-order valence-electron chi connectivity index (χ1n) is 7.60. The SMILES string of the molecule is C=CCOc1ccc(CNCC2CCCC(O)C2)cc1Cl. The normalized spacial score (nSPS) is 22.0. The van der Waals surface area contributed by atoms with Gasteiger partial charge in [-0.1, -0.05) is 36.7 Å². The molecule has 1 saturated carbocycles. The van der Waals surface area contributed by atoms with Crippen molar-refractivity contribution in [2.75, 3.05) is 13.2 Å². The summed E-state index contributed by atoms with van der Waals surface area (Å²) in [6.45, 7) is 5.81. The fourth-order valence-electron chi connectivity index (χ4n) is 2.79. The average Bonchev–Trinajstić information content (AvgIpc) is 2.46. The molecule has 1 aromatic carbocycles. The van der Waals surface area contributed by atoms with Crippen molar-refractivity contribution in [3.8, 4) is 5.75 Å². The van der Waals surface area contributed by atoms with Crippen LogP contribution in [0.4, 0.5) is 0 Å². The number of nitrogens with one attached hydrogen (secondary N) is 1. The first-order chi connectivity index (χ1) is 10.2. The molecule has 0 radical (unpaired) electrons. The first kappa shape index (κ1) is 16.3. The Bertz CT molecular complexity index is 464. The third-order valence-corrected chi connectivity index (χ3v) is 4.17. The molecule has 1 aliphatic carbocycles. The molecule has 0 aliphatic heterocycles. The van der Waals surface area contributed by atoms with Gasteiger partial charge < -0.3 is 15.2 Å². The third kappa shape index (κ3) is 5.34. The van der Waals surface area contributed by atoms with Crippen LogP contribution < -0.4 is 10.1 Å². The molecule has 0 bridgehead atoms. The monoisotopic (exact) mass is 309 g/mol. The number of halogens is 1. The highest BCUT2D eigenvalue weighted by atomic mass is 35.5. The zero-order chi connectivity index (χ0) is 15.1. The minimum Gasteiger partial charge on any atom is -0.488 e. The fraction of sp³-hybridized carbons (Fsp3) is 0.529. The molecule has 0 heterocycles. The Kier molecular flexibility index (Phi) is 6.55. The number of benzene rings is 1. The van der Waals surface area contributed by atoms with Crippen molar-refractivity contribution in [2.45, 2.75) is 38.3 Å². The zero-order valence-electron chi connectivity index (χ0n) is 12.4. The Morgan fingerprint density at radius 3 is 3.00 bits per heavy atom. The topological polar surface area (TPSA) is 41.5 Å². The number of aliphatic hydroxyl groups is 1. The number of hydrogen-bond acceptors (Lipinski definition) is 3. The molecule has 0 saturated heterocycles. The summed E-state index contributed by atoms with van der Waals surface area (Å²) in [5.41, 5.74) is 1.14. The molecular weight excluding hydrogens is 286 g/mol. The fourth-order valence-corrected chi connectivity index (χ4v) is 3.05. The lowest BCUT2D eigenvalue weighted by Crippen LogP contribution is -2.28. The molecule has 3 nitrogen and oxygen atoms in total. The van der Waals surface area contributed by atoms with E-state index in [9.17, 15) is 5.11 Å². The van der Waals surface area contributed by atoms with Gasteiger partial charge >= 0.3 is 0 Å². The van der Waals surface area contributed by atoms with E-state index >= 15 is 0 Å². The molecule has 0 aromatic heterocycles. The van der Waals surface area contributed by atoms with Crippen LogP contribution in [0.5, 0.6) is 5.75 Å². The van der Waals surface area contributed by atoms with Gasteiger partial charge in [-0.2, -0.15) is 0 Å². The van der Waals surface area contributed by atoms with E-state index in [2.05, 4.69) is 11.9 Å². The van der Waals surface area contributed by atoms with Crippen molar-refractivity contribution in [2.24, 2.45) is 5.92 Å². The molecule has 116 valence electrons. The second-order valence-electron chi connectivity index (χ2n) is 5.68. The Labute approximate surface area is 132 Å². The van der Waals surface area contributed by atoms with Crippen molar-refractivity contribution in [1.82, 2.24) is 5.32 Å².